The van der Waals surface area contributed by atoms with E-state index >= 15 is 0 Å². The van der Waals surface area contributed by atoms with Gasteiger partial charge in [0.15, 0.2) is 6.23 Å². The Hall–Kier alpha value is -1.79. The maximum absolute atomic E-state index is 12.0. The second-order valence-electron chi connectivity index (χ2n) is 5.50. The Morgan fingerprint density at radius 2 is 1.83 bits per heavy atom. The summed E-state index contributed by atoms with van der Waals surface area (Å²) in [5, 5.41) is 36.5. The van der Waals surface area contributed by atoms with Crippen LogP contribution in [0, 0.1) is 0 Å². The minimum atomic E-state index is -1.47. The predicted molar refractivity (Wildman–Crippen MR) is 80.2 cm³/mol. The molecule has 0 saturated carbocycles. The van der Waals surface area contributed by atoms with Crippen LogP contribution in [-0.2, 0) is 19.1 Å². The highest BCUT2D eigenvalue weighted by atomic mass is 16.5. The molecule has 0 radical (unpaired) electrons. The Bertz CT molecular complexity index is 475. The van der Waals surface area contributed by atoms with Crippen LogP contribution in [0.4, 0.5) is 0 Å². The van der Waals surface area contributed by atoms with Gasteiger partial charge in [-0.2, -0.15) is 0 Å². The number of carbonyl (C=O) groups excluding carboxylic acids is 3. The average molecular weight is 348 g/mol. The summed E-state index contributed by atoms with van der Waals surface area (Å²) in [4.78, 5) is 34.5. The molecule has 0 bridgehead atoms. The number of primary amides is 1. The molecule has 1 heterocycles. The van der Waals surface area contributed by atoms with E-state index in [9.17, 15) is 29.7 Å². The number of amides is 3. The summed E-state index contributed by atoms with van der Waals surface area (Å²) < 4.78 is 5.33. The van der Waals surface area contributed by atoms with Gasteiger partial charge in [-0.3, -0.25) is 14.4 Å². The van der Waals surface area contributed by atoms with Crippen molar-refractivity contribution in [2.24, 2.45) is 5.73 Å². The van der Waals surface area contributed by atoms with Gasteiger partial charge in [0.2, 0.25) is 17.7 Å². The lowest BCUT2D eigenvalue weighted by Gasteiger charge is -2.42. The normalized spacial score (nSPS) is 31.1. The maximum Gasteiger partial charge on any atom is 0.235 e. The van der Waals surface area contributed by atoms with Crippen molar-refractivity contribution in [2.45, 2.75) is 50.0 Å². The van der Waals surface area contributed by atoms with Crippen molar-refractivity contribution in [2.75, 3.05) is 13.7 Å². The van der Waals surface area contributed by atoms with Crippen molar-refractivity contribution in [3.63, 3.8) is 0 Å². The van der Waals surface area contributed by atoms with E-state index in [0.29, 0.717) is 0 Å². The summed E-state index contributed by atoms with van der Waals surface area (Å²) in [5.74, 6) is -1.87. The molecule has 0 spiro atoms. The third-order valence-electron chi connectivity index (χ3n) is 3.68. The number of ether oxygens (including phenoxy) is 1. The van der Waals surface area contributed by atoms with E-state index in [0.717, 1.165) is 0 Å². The van der Waals surface area contributed by atoms with Crippen molar-refractivity contribution in [1.29, 1.82) is 0 Å². The van der Waals surface area contributed by atoms with Crippen LogP contribution < -0.4 is 21.7 Å². The van der Waals surface area contributed by atoms with E-state index in [-0.39, 0.29) is 6.42 Å². The molecule has 24 heavy (non-hydrogen) atoms. The van der Waals surface area contributed by atoms with Crippen LogP contribution >= 0.6 is 0 Å². The molecule has 1 aliphatic heterocycles. The first-order chi connectivity index (χ1) is 11.2. The van der Waals surface area contributed by atoms with Crippen LogP contribution in [0.3, 0.4) is 0 Å². The number of rotatable bonds is 7. The molecule has 1 fully saturated rings. The molecule has 1 aliphatic rings. The van der Waals surface area contributed by atoms with Gasteiger partial charge in [-0.05, 0) is 7.05 Å². The first-order valence-electron chi connectivity index (χ1n) is 7.36. The lowest BCUT2D eigenvalue weighted by atomic mass is 9.95. The maximum atomic E-state index is 12.0. The minimum absolute atomic E-state index is 0.291. The average Bonchev–Trinajstić information content (AvgIpc) is 2.51. The van der Waals surface area contributed by atoms with Crippen LogP contribution in [-0.4, -0.2) is 83.3 Å². The van der Waals surface area contributed by atoms with Gasteiger partial charge in [0, 0.05) is 6.92 Å². The molecule has 3 amide bonds. The van der Waals surface area contributed by atoms with Gasteiger partial charge in [-0.15, -0.1) is 0 Å². The Morgan fingerprint density at radius 3 is 2.29 bits per heavy atom. The molecule has 0 aromatic heterocycles. The number of nitrogens with one attached hydrogen (secondary N) is 3. The van der Waals surface area contributed by atoms with Gasteiger partial charge >= 0.3 is 0 Å². The van der Waals surface area contributed by atoms with E-state index in [1.807, 2.05) is 0 Å². The number of likely N-dealkylation sites (N-methyl/N-ethyl adjacent to an activating group) is 1. The summed E-state index contributed by atoms with van der Waals surface area (Å²) in [6, 6.07) is -2.04. The monoisotopic (exact) mass is 348 g/mol. The Kier molecular flexibility index (Phi) is 7.51. The van der Waals surface area contributed by atoms with Crippen LogP contribution in [0.25, 0.3) is 0 Å². The van der Waals surface area contributed by atoms with E-state index in [2.05, 4.69) is 16.0 Å². The molecule has 1 saturated heterocycles. The minimum Gasteiger partial charge on any atom is -0.394 e. The Balaban J connectivity index is 2.84. The lowest BCUT2D eigenvalue weighted by molar-refractivity contribution is -0.203. The largest absolute Gasteiger partial charge is 0.394 e. The highest BCUT2D eigenvalue weighted by Crippen LogP contribution is 2.20. The number of hydrogen-bond donors (Lipinski definition) is 7. The molecule has 0 aliphatic carbocycles. The molecule has 138 valence electrons. The summed E-state index contributed by atoms with van der Waals surface area (Å²) in [6.45, 7) is 0.595. The summed E-state index contributed by atoms with van der Waals surface area (Å²) in [6.07, 6.45) is -5.56. The van der Waals surface area contributed by atoms with Crippen molar-refractivity contribution in [3.05, 3.63) is 0 Å². The lowest BCUT2D eigenvalue weighted by Crippen LogP contribution is -2.68. The number of hydrogen-bond acceptors (Lipinski definition) is 8. The molecule has 0 aromatic carbocycles. The summed E-state index contributed by atoms with van der Waals surface area (Å²) >= 11 is 0. The van der Waals surface area contributed by atoms with Gasteiger partial charge in [0.25, 0.3) is 0 Å². The zero-order valence-electron chi connectivity index (χ0n) is 13.4. The zero-order valence-corrected chi connectivity index (χ0v) is 13.4. The van der Waals surface area contributed by atoms with Crippen molar-refractivity contribution in [3.8, 4) is 0 Å². The van der Waals surface area contributed by atoms with Crippen molar-refractivity contribution in [1.82, 2.24) is 16.0 Å². The molecule has 5 unspecified atom stereocenters. The van der Waals surface area contributed by atoms with Crippen LogP contribution in [0.2, 0.25) is 0 Å². The second kappa shape index (κ2) is 8.89. The fourth-order valence-electron chi connectivity index (χ4n) is 2.38. The van der Waals surface area contributed by atoms with Gasteiger partial charge in [-0.1, -0.05) is 0 Å². The van der Waals surface area contributed by atoms with Gasteiger partial charge in [-0.25, -0.2) is 0 Å². The molecule has 11 nitrogen and oxygen atoms in total. The zero-order chi connectivity index (χ0) is 18.4. The second-order valence-corrected chi connectivity index (χ2v) is 5.50. The highest BCUT2D eigenvalue weighted by Gasteiger charge is 2.45. The molecule has 6 atom stereocenters. The SMILES string of the molecule is CN[C@@H](CC(=O)NC1OC(CO)C(O)C(O)C1NC(C)=O)C(N)=O. The van der Waals surface area contributed by atoms with Gasteiger partial charge in [0.05, 0.1) is 19.1 Å². The van der Waals surface area contributed by atoms with Crippen LogP contribution in [0.5, 0.6) is 0 Å². The molecular formula is C13H24N4O7. The van der Waals surface area contributed by atoms with E-state index in [1.54, 1.807) is 0 Å². The van der Waals surface area contributed by atoms with Crippen molar-refractivity contribution >= 4 is 17.7 Å². The fourth-order valence-corrected chi connectivity index (χ4v) is 2.38. The number of aliphatic hydroxyl groups excluding tert-OH is 3. The Labute approximate surface area is 138 Å². The quantitative estimate of drug-likeness (QED) is 0.240. The smallest absolute Gasteiger partial charge is 0.235 e. The third-order valence-corrected chi connectivity index (χ3v) is 3.68. The standard InChI is InChI=1S/C13H24N4O7/c1-5(19)16-9-11(22)10(21)7(4-18)24-13(9)17-8(20)3-6(15-2)12(14)23/h6-7,9-11,13,15,18,21-22H,3-4H2,1-2H3,(H2,14,23)(H,16,19)(H,17,20)/t6-,7?,9?,10?,11?,13?/m0/s1. The third kappa shape index (κ3) is 5.11. The van der Waals surface area contributed by atoms with Crippen LogP contribution in [0.1, 0.15) is 13.3 Å². The Morgan fingerprint density at radius 1 is 1.21 bits per heavy atom. The van der Waals surface area contributed by atoms with E-state index in [4.69, 9.17) is 10.5 Å². The molecule has 11 heteroatoms. The number of aliphatic hydroxyl groups is 3. The first kappa shape index (κ1) is 20.3. The number of carbonyl (C=O) groups is 3. The topological polar surface area (TPSA) is 183 Å². The molecular weight excluding hydrogens is 324 g/mol. The molecule has 0 aromatic rings. The molecule has 8 N–H and O–H groups in total. The highest BCUT2D eigenvalue weighted by molar-refractivity contribution is 5.87. The van der Waals surface area contributed by atoms with E-state index < -0.39 is 61.0 Å². The van der Waals surface area contributed by atoms with E-state index in [1.165, 1.54) is 14.0 Å². The predicted octanol–water partition coefficient (Wildman–Crippen LogP) is -4.49. The summed E-state index contributed by atoms with van der Waals surface area (Å²) in [5.41, 5.74) is 5.13. The van der Waals surface area contributed by atoms with Gasteiger partial charge < -0.3 is 41.7 Å². The first-order valence-corrected chi connectivity index (χ1v) is 7.36. The van der Waals surface area contributed by atoms with Crippen molar-refractivity contribution < 1.29 is 34.4 Å². The van der Waals surface area contributed by atoms with Gasteiger partial charge in [0.1, 0.15) is 24.4 Å². The molecule has 1 rings (SSSR count). The fraction of sp³-hybridized carbons (Fsp3) is 0.769. The van der Waals surface area contributed by atoms with Crippen LogP contribution in [0.15, 0.2) is 0 Å². The number of nitrogens with two attached hydrogens (primary N) is 1. The summed E-state index contributed by atoms with van der Waals surface area (Å²) in [7, 11) is 1.46.